The highest BCUT2D eigenvalue weighted by Crippen LogP contribution is 2.36. The molecule has 2 unspecified atom stereocenters. The molecule has 0 bridgehead atoms. The normalized spacial score (nSPS) is 15.3. The minimum atomic E-state index is -1.01. The third-order valence-corrected chi connectivity index (χ3v) is 6.24. The van der Waals surface area contributed by atoms with Crippen LogP contribution in [0.1, 0.15) is 62.8 Å². The monoisotopic (exact) mass is 507 g/mol. The number of amides is 3. The predicted molar refractivity (Wildman–Crippen MR) is 135 cm³/mol. The molecule has 0 saturated heterocycles. The molecule has 0 spiro atoms. The van der Waals surface area contributed by atoms with Crippen molar-refractivity contribution >= 4 is 36.5 Å². The summed E-state index contributed by atoms with van der Waals surface area (Å²) in [5.41, 5.74) is 1.62. The Morgan fingerprint density at radius 1 is 1.14 bits per heavy atom. The van der Waals surface area contributed by atoms with Gasteiger partial charge in [-0.05, 0) is 70.6 Å². The molecule has 194 valence electrons. The third-order valence-electron chi connectivity index (χ3n) is 5.87. The maximum atomic E-state index is 13.9. The number of aryl methyl sites for hydroxylation is 2. The molecule has 1 aliphatic carbocycles. The van der Waals surface area contributed by atoms with Gasteiger partial charge in [0.2, 0.25) is 11.8 Å². The first-order valence-corrected chi connectivity index (χ1v) is 12.4. The fraction of sp³-hybridized carbons (Fsp3) is 0.600. The Hall–Kier alpha value is -2.75. The summed E-state index contributed by atoms with van der Waals surface area (Å²) in [6, 6.07) is 3.44. The Balaban J connectivity index is 2.48. The molecule has 0 aromatic heterocycles. The minimum Gasteiger partial charge on any atom is -0.468 e. The second kappa shape index (κ2) is 12.3. The molecule has 2 N–H and O–H groups in total. The number of carbonyl (C=O) groups is 4. The van der Waals surface area contributed by atoms with Crippen molar-refractivity contribution in [2.75, 3.05) is 19.4 Å². The summed E-state index contributed by atoms with van der Waals surface area (Å²) in [6.45, 7) is 8.62. The zero-order chi connectivity index (χ0) is 26.3. The number of thiol groups is 1. The van der Waals surface area contributed by atoms with E-state index in [1.165, 1.54) is 7.11 Å². The van der Waals surface area contributed by atoms with E-state index in [1.807, 2.05) is 32.0 Å². The Bertz CT molecular complexity index is 921. The van der Waals surface area contributed by atoms with Crippen molar-refractivity contribution in [2.24, 2.45) is 0 Å². The van der Waals surface area contributed by atoms with E-state index in [4.69, 9.17) is 4.74 Å². The SMILES string of the molecule is COC(=O)CNC(=O)C(c1c(C)cccc1C)N(C(=O)C(CS)NC(=O)OC(C)(C)C)C1CCC1. The van der Waals surface area contributed by atoms with Gasteiger partial charge in [-0.1, -0.05) is 18.2 Å². The van der Waals surface area contributed by atoms with Gasteiger partial charge < -0.3 is 25.0 Å². The van der Waals surface area contributed by atoms with Gasteiger partial charge in [0.1, 0.15) is 24.2 Å². The second-order valence-electron chi connectivity index (χ2n) is 9.71. The highest BCUT2D eigenvalue weighted by molar-refractivity contribution is 7.80. The number of hydrogen-bond donors (Lipinski definition) is 3. The van der Waals surface area contributed by atoms with E-state index in [9.17, 15) is 19.2 Å². The lowest BCUT2D eigenvalue weighted by atomic mass is 9.86. The van der Waals surface area contributed by atoms with Crippen molar-refractivity contribution in [3.63, 3.8) is 0 Å². The zero-order valence-electron chi connectivity index (χ0n) is 21.3. The van der Waals surface area contributed by atoms with E-state index in [-0.39, 0.29) is 18.3 Å². The van der Waals surface area contributed by atoms with Gasteiger partial charge in [-0.25, -0.2) is 4.79 Å². The van der Waals surface area contributed by atoms with Crippen molar-refractivity contribution in [1.29, 1.82) is 0 Å². The number of ether oxygens (including phenoxy) is 2. The first-order valence-electron chi connectivity index (χ1n) is 11.7. The molecule has 1 aromatic rings. The Morgan fingerprint density at radius 3 is 2.20 bits per heavy atom. The summed E-state index contributed by atoms with van der Waals surface area (Å²) in [4.78, 5) is 53.1. The largest absolute Gasteiger partial charge is 0.468 e. The van der Waals surface area contributed by atoms with Crippen LogP contribution < -0.4 is 10.6 Å². The average Bonchev–Trinajstić information content (AvgIpc) is 2.73. The van der Waals surface area contributed by atoms with Crippen LogP contribution in [-0.4, -0.2) is 65.9 Å². The van der Waals surface area contributed by atoms with Crippen molar-refractivity contribution in [3.8, 4) is 0 Å². The van der Waals surface area contributed by atoms with Gasteiger partial charge in [0.25, 0.3) is 0 Å². The number of benzene rings is 1. The van der Waals surface area contributed by atoms with E-state index >= 15 is 0 Å². The molecule has 1 fully saturated rings. The molecule has 3 amide bonds. The number of methoxy groups -OCH3 is 1. The van der Waals surface area contributed by atoms with Crippen LogP contribution in [0.25, 0.3) is 0 Å². The minimum absolute atomic E-state index is 0.0184. The van der Waals surface area contributed by atoms with Gasteiger partial charge in [0.15, 0.2) is 0 Å². The van der Waals surface area contributed by atoms with Crippen molar-refractivity contribution in [3.05, 3.63) is 34.9 Å². The summed E-state index contributed by atoms with van der Waals surface area (Å²) in [6.07, 6.45) is 1.63. The van der Waals surface area contributed by atoms with Crippen LogP contribution in [0.5, 0.6) is 0 Å². The fourth-order valence-electron chi connectivity index (χ4n) is 3.98. The number of nitrogens with one attached hydrogen (secondary N) is 2. The number of hydrogen-bond acceptors (Lipinski definition) is 7. The van der Waals surface area contributed by atoms with Crippen LogP contribution in [-0.2, 0) is 23.9 Å². The number of nitrogens with zero attached hydrogens (tertiary/aromatic N) is 1. The highest BCUT2D eigenvalue weighted by Gasteiger charge is 2.42. The molecule has 1 aromatic carbocycles. The number of alkyl carbamates (subject to hydrolysis) is 1. The van der Waals surface area contributed by atoms with E-state index in [0.717, 1.165) is 30.4 Å². The molecular formula is C25H37N3O6S. The molecule has 2 rings (SSSR count). The van der Waals surface area contributed by atoms with E-state index in [0.29, 0.717) is 5.56 Å². The quantitative estimate of drug-likeness (QED) is 0.350. The van der Waals surface area contributed by atoms with Gasteiger partial charge >= 0.3 is 12.1 Å². The van der Waals surface area contributed by atoms with Crippen LogP contribution >= 0.6 is 12.6 Å². The zero-order valence-corrected chi connectivity index (χ0v) is 22.2. The number of esters is 1. The molecule has 1 aliphatic rings. The summed E-state index contributed by atoms with van der Waals surface area (Å²) >= 11 is 4.30. The van der Waals surface area contributed by atoms with Crippen LogP contribution in [0.4, 0.5) is 4.79 Å². The van der Waals surface area contributed by atoms with Gasteiger partial charge in [0, 0.05) is 11.8 Å². The third kappa shape index (κ3) is 7.62. The van der Waals surface area contributed by atoms with Gasteiger partial charge in [-0.15, -0.1) is 0 Å². The molecule has 1 saturated carbocycles. The smallest absolute Gasteiger partial charge is 0.408 e. The van der Waals surface area contributed by atoms with Gasteiger partial charge in [-0.3, -0.25) is 14.4 Å². The molecular weight excluding hydrogens is 470 g/mol. The first-order chi connectivity index (χ1) is 16.4. The molecule has 0 aliphatic heterocycles. The average molecular weight is 508 g/mol. The summed E-state index contributed by atoms with van der Waals surface area (Å²) in [7, 11) is 1.24. The highest BCUT2D eigenvalue weighted by atomic mass is 32.1. The lowest BCUT2D eigenvalue weighted by Gasteiger charge is -2.44. The molecule has 35 heavy (non-hydrogen) atoms. The van der Waals surface area contributed by atoms with Crippen molar-refractivity contribution < 1.29 is 28.7 Å². The van der Waals surface area contributed by atoms with Crippen molar-refractivity contribution in [1.82, 2.24) is 15.5 Å². The van der Waals surface area contributed by atoms with Gasteiger partial charge in [-0.2, -0.15) is 12.6 Å². The van der Waals surface area contributed by atoms with E-state index in [2.05, 4.69) is 28.0 Å². The summed E-state index contributed by atoms with van der Waals surface area (Å²) < 4.78 is 9.98. The van der Waals surface area contributed by atoms with Crippen LogP contribution in [0.3, 0.4) is 0 Å². The van der Waals surface area contributed by atoms with E-state index < -0.39 is 41.6 Å². The van der Waals surface area contributed by atoms with Crippen LogP contribution in [0.15, 0.2) is 18.2 Å². The lowest BCUT2D eigenvalue weighted by Crippen LogP contribution is -2.58. The van der Waals surface area contributed by atoms with E-state index in [1.54, 1.807) is 25.7 Å². The molecule has 0 radical (unpaired) electrons. The summed E-state index contributed by atoms with van der Waals surface area (Å²) in [5, 5.41) is 5.22. The van der Waals surface area contributed by atoms with Crippen LogP contribution in [0.2, 0.25) is 0 Å². The molecule has 2 atom stereocenters. The number of carbonyl (C=O) groups excluding carboxylic acids is 4. The molecule has 9 nitrogen and oxygen atoms in total. The number of rotatable bonds is 9. The topological polar surface area (TPSA) is 114 Å². The maximum absolute atomic E-state index is 13.9. The van der Waals surface area contributed by atoms with Crippen LogP contribution in [0, 0.1) is 13.8 Å². The molecule has 0 heterocycles. The Labute approximate surface area is 212 Å². The second-order valence-corrected chi connectivity index (χ2v) is 10.1. The molecule has 10 heteroatoms. The Morgan fingerprint density at radius 2 is 1.74 bits per heavy atom. The summed E-state index contributed by atoms with van der Waals surface area (Å²) in [5.74, 6) is -1.51. The predicted octanol–water partition coefficient (Wildman–Crippen LogP) is 2.84. The van der Waals surface area contributed by atoms with Crippen molar-refractivity contribution in [2.45, 2.75) is 77.6 Å². The standard InChI is InChI=1S/C25H37N3O6S/c1-15-9-7-10-16(2)20(15)21(22(30)26-13-19(29)33-6)28(17-11-8-12-17)23(31)18(14-35)27-24(32)34-25(3,4)5/h7,9-10,17-18,21,35H,8,11-14H2,1-6H3,(H,26,30)(H,27,32). The van der Waals surface area contributed by atoms with Gasteiger partial charge in [0.05, 0.1) is 7.11 Å². The maximum Gasteiger partial charge on any atom is 0.408 e. The first kappa shape index (κ1) is 28.5. The fourth-order valence-corrected chi connectivity index (χ4v) is 4.23. The lowest BCUT2D eigenvalue weighted by molar-refractivity contribution is -0.148. The Kier molecular flexibility index (Phi) is 10.00.